The van der Waals surface area contributed by atoms with E-state index in [2.05, 4.69) is 15.4 Å². The number of pyridine rings is 1. The van der Waals surface area contributed by atoms with Gasteiger partial charge >= 0.3 is 0 Å². The summed E-state index contributed by atoms with van der Waals surface area (Å²) in [7, 11) is 0. The molecule has 1 atom stereocenters. The molecule has 0 unspecified atom stereocenters. The quantitative estimate of drug-likeness (QED) is 0.753. The van der Waals surface area contributed by atoms with Gasteiger partial charge in [0.1, 0.15) is 0 Å². The minimum Gasteiger partial charge on any atom is -0.323 e. The number of para-hydroxylation sites is 1. The highest BCUT2D eigenvalue weighted by Gasteiger charge is 2.35. The molecule has 4 rings (SSSR count). The molecule has 1 aliphatic rings. The van der Waals surface area contributed by atoms with Crippen molar-refractivity contribution in [3.63, 3.8) is 0 Å². The van der Waals surface area contributed by atoms with Crippen LogP contribution in [-0.2, 0) is 9.59 Å². The van der Waals surface area contributed by atoms with Gasteiger partial charge in [0.25, 0.3) is 0 Å². The zero-order valence-electron chi connectivity index (χ0n) is 14.2. The van der Waals surface area contributed by atoms with Gasteiger partial charge in [-0.1, -0.05) is 29.8 Å². The molecule has 1 N–H and O–H groups in total. The molecule has 0 radical (unpaired) electrons. The summed E-state index contributed by atoms with van der Waals surface area (Å²) < 4.78 is 1.49. The molecule has 1 fully saturated rings. The summed E-state index contributed by atoms with van der Waals surface area (Å²) in [5.74, 6) is -0.269. The number of rotatable bonds is 4. The minimum atomic E-state index is -0.438. The Hall–Kier alpha value is -3.19. The zero-order chi connectivity index (χ0) is 18.8. The van der Waals surface area contributed by atoms with Crippen LogP contribution in [0.1, 0.15) is 6.42 Å². The van der Waals surface area contributed by atoms with Crippen LogP contribution < -0.4 is 10.2 Å². The van der Waals surface area contributed by atoms with E-state index in [0.29, 0.717) is 23.1 Å². The van der Waals surface area contributed by atoms with Crippen molar-refractivity contribution < 1.29 is 9.59 Å². The van der Waals surface area contributed by atoms with Crippen molar-refractivity contribution in [1.29, 1.82) is 0 Å². The maximum atomic E-state index is 12.8. The van der Waals surface area contributed by atoms with E-state index in [1.807, 2.05) is 30.3 Å². The highest BCUT2D eigenvalue weighted by Crippen LogP contribution is 2.26. The third kappa shape index (κ3) is 3.54. The van der Waals surface area contributed by atoms with E-state index in [4.69, 9.17) is 11.6 Å². The Bertz CT molecular complexity index is 989. The molecule has 0 saturated carbocycles. The molecule has 27 heavy (non-hydrogen) atoms. The summed E-state index contributed by atoms with van der Waals surface area (Å²) >= 11 is 5.92. The van der Waals surface area contributed by atoms with Gasteiger partial charge in [0, 0.05) is 24.8 Å². The number of amides is 2. The third-order valence-corrected chi connectivity index (χ3v) is 4.57. The molecule has 3 heterocycles. The Morgan fingerprint density at radius 2 is 2.00 bits per heavy atom. The second-order valence-electron chi connectivity index (χ2n) is 6.21. The van der Waals surface area contributed by atoms with Gasteiger partial charge in [-0.3, -0.25) is 9.59 Å². The van der Waals surface area contributed by atoms with Crippen LogP contribution in [0.2, 0.25) is 5.02 Å². The average Bonchev–Trinajstić information content (AvgIpc) is 3.29. The van der Waals surface area contributed by atoms with Crippen molar-refractivity contribution in [2.45, 2.75) is 6.42 Å². The Morgan fingerprint density at radius 3 is 2.74 bits per heavy atom. The van der Waals surface area contributed by atoms with Gasteiger partial charge < -0.3 is 10.2 Å². The summed E-state index contributed by atoms with van der Waals surface area (Å²) in [5, 5.41) is 7.46. The predicted octanol–water partition coefficient (Wildman–Crippen LogP) is 2.91. The zero-order valence-corrected chi connectivity index (χ0v) is 15.0. The second-order valence-corrected chi connectivity index (χ2v) is 6.64. The molecule has 2 amide bonds. The van der Waals surface area contributed by atoms with Crippen LogP contribution in [0.3, 0.4) is 0 Å². The molecule has 0 spiro atoms. The van der Waals surface area contributed by atoms with Gasteiger partial charge in [0.05, 0.1) is 29.0 Å². The highest BCUT2D eigenvalue weighted by molar-refractivity contribution is 6.30. The summed E-state index contributed by atoms with van der Waals surface area (Å²) in [6.45, 7) is 0.345. The molecule has 3 aromatic rings. The lowest BCUT2D eigenvalue weighted by Gasteiger charge is -2.17. The summed E-state index contributed by atoms with van der Waals surface area (Å²) in [4.78, 5) is 31.0. The third-order valence-electron chi connectivity index (χ3n) is 4.38. The molecule has 0 aliphatic carbocycles. The number of anilines is 2. The molecular weight excluding hydrogens is 366 g/mol. The van der Waals surface area contributed by atoms with Crippen LogP contribution >= 0.6 is 11.6 Å². The molecule has 2 aromatic heterocycles. The van der Waals surface area contributed by atoms with Gasteiger partial charge in [0.15, 0.2) is 5.82 Å². The lowest BCUT2D eigenvalue weighted by atomic mass is 10.1. The predicted molar refractivity (Wildman–Crippen MR) is 102 cm³/mol. The van der Waals surface area contributed by atoms with Crippen molar-refractivity contribution in [3.8, 4) is 5.82 Å². The first-order valence-corrected chi connectivity index (χ1v) is 8.81. The van der Waals surface area contributed by atoms with Gasteiger partial charge in [0.2, 0.25) is 11.8 Å². The fraction of sp³-hybridized carbons (Fsp3) is 0.158. The van der Waals surface area contributed by atoms with E-state index < -0.39 is 5.92 Å². The SMILES string of the molecule is O=C(Nc1cccnc1-n1cc(Cl)cn1)[C@H]1CC(=O)N(c2ccccc2)C1. The summed E-state index contributed by atoms with van der Waals surface area (Å²) in [6.07, 6.45) is 4.88. The fourth-order valence-corrected chi connectivity index (χ4v) is 3.21. The monoisotopic (exact) mass is 381 g/mol. The Balaban J connectivity index is 1.52. The number of hydrogen-bond acceptors (Lipinski definition) is 4. The maximum Gasteiger partial charge on any atom is 0.229 e. The maximum absolute atomic E-state index is 12.8. The van der Waals surface area contributed by atoms with Crippen LogP contribution in [-0.4, -0.2) is 33.1 Å². The van der Waals surface area contributed by atoms with E-state index >= 15 is 0 Å². The van der Waals surface area contributed by atoms with Crippen molar-refractivity contribution in [1.82, 2.24) is 14.8 Å². The smallest absolute Gasteiger partial charge is 0.229 e. The fourth-order valence-electron chi connectivity index (χ4n) is 3.07. The average molecular weight is 382 g/mol. The van der Waals surface area contributed by atoms with E-state index in [0.717, 1.165) is 5.69 Å². The minimum absolute atomic E-state index is 0.0633. The van der Waals surface area contributed by atoms with Crippen LogP contribution in [0, 0.1) is 5.92 Å². The van der Waals surface area contributed by atoms with Crippen molar-refractivity contribution in [2.75, 3.05) is 16.8 Å². The first kappa shape index (κ1) is 17.2. The van der Waals surface area contributed by atoms with Crippen LogP contribution in [0.25, 0.3) is 5.82 Å². The molecule has 1 saturated heterocycles. The van der Waals surface area contributed by atoms with E-state index in [-0.39, 0.29) is 18.2 Å². The summed E-state index contributed by atoms with van der Waals surface area (Å²) in [5.41, 5.74) is 1.30. The Labute approximate surface area is 160 Å². The molecular formula is C19H16ClN5O2. The molecule has 8 heteroatoms. The number of carbonyl (C=O) groups is 2. The first-order chi connectivity index (χ1) is 13.1. The van der Waals surface area contributed by atoms with Crippen LogP contribution in [0.5, 0.6) is 0 Å². The van der Waals surface area contributed by atoms with E-state index in [1.165, 1.54) is 10.9 Å². The number of nitrogens with zero attached hydrogens (tertiary/aromatic N) is 4. The van der Waals surface area contributed by atoms with E-state index in [9.17, 15) is 9.59 Å². The number of hydrogen-bond donors (Lipinski definition) is 1. The molecule has 1 aliphatic heterocycles. The van der Waals surface area contributed by atoms with Gasteiger partial charge in [-0.05, 0) is 24.3 Å². The summed E-state index contributed by atoms with van der Waals surface area (Å²) in [6, 6.07) is 12.8. The normalized spacial score (nSPS) is 16.6. The number of halogens is 1. The van der Waals surface area contributed by atoms with Crippen molar-refractivity contribution >= 4 is 34.8 Å². The largest absolute Gasteiger partial charge is 0.323 e. The first-order valence-electron chi connectivity index (χ1n) is 8.43. The topological polar surface area (TPSA) is 80.1 Å². The Morgan fingerprint density at radius 1 is 1.19 bits per heavy atom. The van der Waals surface area contributed by atoms with Gasteiger partial charge in [-0.25, -0.2) is 9.67 Å². The lowest BCUT2D eigenvalue weighted by Crippen LogP contribution is -2.28. The Kier molecular flexibility index (Phi) is 4.60. The highest BCUT2D eigenvalue weighted by atomic mass is 35.5. The van der Waals surface area contributed by atoms with Crippen LogP contribution in [0.15, 0.2) is 61.1 Å². The number of aromatic nitrogens is 3. The van der Waals surface area contributed by atoms with Crippen molar-refractivity contribution in [3.05, 3.63) is 66.1 Å². The van der Waals surface area contributed by atoms with Crippen molar-refractivity contribution in [2.24, 2.45) is 5.92 Å². The number of nitrogens with one attached hydrogen (secondary N) is 1. The second kappa shape index (κ2) is 7.20. The number of carbonyl (C=O) groups excluding carboxylic acids is 2. The standard InChI is InChI=1S/C19H16ClN5O2/c20-14-10-22-25(12-14)18-16(7-4-8-21-18)23-19(27)13-9-17(26)24(11-13)15-5-2-1-3-6-15/h1-8,10,12-13H,9,11H2,(H,23,27)/t13-/m0/s1. The lowest BCUT2D eigenvalue weighted by molar-refractivity contribution is -0.122. The van der Waals surface area contributed by atoms with Crippen LogP contribution in [0.4, 0.5) is 11.4 Å². The molecule has 7 nitrogen and oxygen atoms in total. The molecule has 1 aromatic carbocycles. The van der Waals surface area contributed by atoms with E-state index in [1.54, 1.807) is 29.4 Å². The van der Waals surface area contributed by atoms with Gasteiger partial charge in [-0.2, -0.15) is 5.10 Å². The molecule has 136 valence electrons. The molecule has 0 bridgehead atoms. The number of benzene rings is 1. The van der Waals surface area contributed by atoms with Gasteiger partial charge in [-0.15, -0.1) is 0 Å².